The molecule has 0 radical (unpaired) electrons. The summed E-state index contributed by atoms with van der Waals surface area (Å²) in [5, 5.41) is 9.98. The number of aromatic nitrogens is 1. The Morgan fingerprint density at radius 2 is 2.31 bits per heavy atom. The molecule has 0 saturated carbocycles. The first-order chi connectivity index (χ1) is 12.5. The summed E-state index contributed by atoms with van der Waals surface area (Å²) in [7, 11) is 3.45. The van der Waals surface area contributed by atoms with Crippen molar-refractivity contribution in [2.75, 3.05) is 51.8 Å². The SMILES string of the molecule is COc1cccc2c(N3CCOC(CN(C)CC(=O)O)C3)cc(C)nc12. The van der Waals surface area contributed by atoms with E-state index in [0.717, 1.165) is 34.6 Å². The lowest BCUT2D eigenvalue weighted by atomic mass is 10.1. The van der Waals surface area contributed by atoms with Crippen molar-refractivity contribution in [1.82, 2.24) is 9.88 Å². The molecular weight excluding hydrogens is 334 g/mol. The van der Waals surface area contributed by atoms with Crippen molar-refractivity contribution in [2.24, 2.45) is 0 Å². The predicted molar refractivity (Wildman–Crippen MR) is 100 cm³/mol. The first-order valence-electron chi connectivity index (χ1n) is 8.69. The van der Waals surface area contributed by atoms with Gasteiger partial charge in [-0.2, -0.15) is 0 Å². The Morgan fingerprint density at radius 3 is 3.04 bits per heavy atom. The number of benzene rings is 1. The minimum atomic E-state index is -0.831. The highest BCUT2D eigenvalue weighted by Gasteiger charge is 2.24. The van der Waals surface area contributed by atoms with E-state index in [4.69, 9.17) is 14.6 Å². The summed E-state index contributed by atoms with van der Waals surface area (Å²) in [6, 6.07) is 8.04. The Labute approximate surface area is 153 Å². The largest absolute Gasteiger partial charge is 0.494 e. The Hall–Kier alpha value is -2.38. The van der Waals surface area contributed by atoms with Crippen LogP contribution in [0.1, 0.15) is 5.69 Å². The molecule has 1 fully saturated rings. The number of carboxylic acids is 1. The predicted octanol–water partition coefficient (Wildman–Crippen LogP) is 1.77. The standard InChI is InChI=1S/C19H25N3O4/c1-13-9-16(15-5-4-6-17(25-3)19(15)20-13)22-7-8-26-14(11-22)10-21(2)12-18(23)24/h4-6,9,14H,7-8,10-12H2,1-3H3,(H,23,24). The van der Waals surface area contributed by atoms with E-state index in [-0.39, 0.29) is 12.6 Å². The van der Waals surface area contributed by atoms with Crippen LogP contribution in [0.15, 0.2) is 24.3 Å². The molecule has 1 aliphatic heterocycles. The molecule has 2 aromatic rings. The van der Waals surface area contributed by atoms with Gasteiger partial charge in [-0.15, -0.1) is 0 Å². The van der Waals surface area contributed by atoms with Gasteiger partial charge >= 0.3 is 5.97 Å². The minimum Gasteiger partial charge on any atom is -0.494 e. The number of likely N-dealkylation sites (N-methyl/N-ethyl adjacent to an activating group) is 1. The Kier molecular flexibility index (Phi) is 5.58. The molecular formula is C19H25N3O4. The van der Waals surface area contributed by atoms with E-state index in [0.29, 0.717) is 19.7 Å². The quantitative estimate of drug-likeness (QED) is 0.842. The number of anilines is 1. The fraction of sp³-hybridized carbons (Fsp3) is 0.474. The summed E-state index contributed by atoms with van der Waals surface area (Å²) in [4.78, 5) is 19.6. The Morgan fingerprint density at radius 1 is 1.50 bits per heavy atom. The van der Waals surface area contributed by atoms with E-state index in [1.54, 1.807) is 19.1 Å². The van der Waals surface area contributed by atoms with Gasteiger partial charge in [0.2, 0.25) is 0 Å². The molecule has 0 bridgehead atoms. The van der Waals surface area contributed by atoms with Crippen molar-refractivity contribution < 1.29 is 19.4 Å². The first-order valence-corrected chi connectivity index (χ1v) is 8.69. The van der Waals surface area contributed by atoms with Gasteiger partial charge in [0.25, 0.3) is 0 Å². The van der Waals surface area contributed by atoms with Crippen LogP contribution in [-0.2, 0) is 9.53 Å². The maximum absolute atomic E-state index is 10.9. The monoisotopic (exact) mass is 359 g/mol. The number of nitrogens with zero attached hydrogens (tertiary/aromatic N) is 3. The fourth-order valence-corrected chi connectivity index (χ4v) is 3.45. The number of hydrogen-bond donors (Lipinski definition) is 1. The highest BCUT2D eigenvalue weighted by molar-refractivity contribution is 5.95. The minimum absolute atomic E-state index is 0.00829. The van der Waals surface area contributed by atoms with Gasteiger partial charge in [-0.3, -0.25) is 9.69 Å². The number of fused-ring (bicyclic) bond motifs is 1. The summed E-state index contributed by atoms with van der Waals surface area (Å²) in [6.45, 7) is 4.67. The van der Waals surface area contributed by atoms with Gasteiger partial charge in [-0.25, -0.2) is 4.98 Å². The van der Waals surface area contributed by atoms with Gasteiger partial charge in [-0.05, 0) is 26.1 Å². The maximum atomic E-state index is 10.9. The molecule has 26 heavy (non-hydrogen) atoms. The topological polar surface area (TPSA) is 75.1 Å². The molecule has 2 heterocycles. The van der Waals surface area contributed by atoms with Crippen molar-refractivity contribution in [1.29, 1.82) is 0 Å². The first kappa shape index (κ1) is 18.4. The van der Waals surface area contributed by atoms with Crippen LogP contribution in [-0.4, -0.2) is 74.0 Å². The summed E-state index contributed by atoms with van der Waals surface area (Å²) in [6.07, 6.45) is -0.0396. The fourth-order valence-electron chi connectivity index (χ4n) is 3.45. The number of ether oxygens (including phenoxy) is 2. The lowest BCUT2D eigenvalue weighted by Gasteiger charge is -2.36. The van der Waals surface area contributed by atoms with Gasteiger partial charge in [0, 0.05) is 36.4 Å². The van der Waals surface area contributed by atoms with Crippen molar-refractivity contribution in [2.45, 2.75) is 13.0 Å². The number of methoxy groups -OCH3 is 1. The number of aryl methyl sites for hydroxylation is 1. The van der Waals surface area contributed by atoms with Crippen molar-refractivity contribution in [3.63, 3.8) is 0 Å². The third-order valence-electron chi connectivity index (χ3n) is 4.53. The molecule has 0 aliphatic carbocycles. The molecule has 1 atom stereocenters. The van der Waals surface area contributed by atoms with Crippen LogP contribution in [0.3, 0.4) is 0 Å². The molecule has 1 N–H and O–H groups in total. The molecule has 1 unspecified atom stereocenters. The molecule has 1 aromatic heterocycles. The molecule has 3 rings (SSSR count). The second kappa shape index (κ2) is 7.88. The van der Waals surface area contributed by atoms with Crippen molar-refractivity contribution in [3.8, 4) is 5.75 Å². The number of carboxylic acid groups (broad SMARTS) is 1. The van der Waals surface area contributed by atoms with Gasteiger partial charge in [-0.1, -0.05) is 12.1 Å². The third kappa shape index (κ3) is 4.05. The highest BCUT2D eigenvalue weighted by atomic mass is 16.5. The average Bonchev–Trinajstić information content (AvgIpc) is 2.60. The lowest BCUT2D eigenvalue weighted by molar-refractivity contribution is -0.138. The second-order valence-electron chi connectivity index (χ2n) is 6.67. The normalized spacial score (nSPS) is 17.7. The van der Waals surface area contributed by atoms with E-state index in [1.807, 2.05) is 19.1 Å². The molecule has 7 heteroatoms. The summed E-state index contributed by atoms with van der Waals surface area (Å²) in [5.74, 6) is -0.0681. The highest BCUT2D eigenvalue weighted by Crippen LogP contribution is 2.33. The van der Waals surface area contributed by atoms with Gasteiger partial charge in [0.05, 0.1) is 26.4 Å². The Bertz CT molecular complexity index is 796. The Balaban J connectivity index is 1.85. The van der Waals surface area contributed by atoms with Crippen LogP contribution in [0.25, 0.3) is 10.9 Å². The number of carbonyl (C=O) groups is 1. The molecule has 1 saturated heterocycles. The van der Waals surface area contributed by atoms with Crippen LogP contribution in [0, 0.1) is 6.92 Å². The van der Waals surface area contributed by atoms with E-state index in [1.165, 1.54) is 0 Å². The number of hydrogen-bond acceptors (Lipinski definition) is 6. The molecule has 0 amide bonds. The summed E-state index contributed by atoms with van der Waals surface area (Å²) in [5.41, 5.74) is 2.90. The van der Waals surface area contributed by atoms with Crippen molar-refractivity contribution >= 4 is 22.6 Å². The second-order valence-corrected chi connectivity index (χ2v) is 6.67. The van der Waals surface area contributed by atoms with Crippen LogP contribution >= 0.6 is 0 Å². The van der Waals surface area contributed by atoms with Crippen LogP contribution < -0.4 is 9.64 Å². The zero-order valence-electron chi connectivity index (χ0n) is 15.4. The van der Waals surface area contributed by atoms with E-state index in [9.17, 15) is 4.79 Å². The van der Waals surface area contributed by atoms with Gasteiger partial charge in [0.15, 0.2) is 0 Å². The summed E-state index contributed by atoms with van der Waals surface area (Å²) < 4.78 is 11.3. The van der Waals surface area contributed by atoms with E-state index >= 15 is 0 Å². The maximum Gasteiger partial charge on any atom is 0.317 e. The molecule has 1 aliphatic rings. The number of morpholine rings is 1. The van der Waals surface area contributed by atoms with E-state index in [2.05, 4.69) is 22.0 Å². The zero-order valence-corrected chi connectivity index (χ0v) is 15.4. The number of aliphatic carboxylic acids is 1. The van der Waals surface area contributed by atoms with Crippen LogP contribution in [0.4, 0.5) is 5.69 Å². The van der Waals surface area contributed by atoms with Gasteiger partial charge < -0.3 is 19.5 Å². The average molecular weight is 359 g/mol. The molecule has 0 spiro atoms. The third-order valence-corrected chi connectivity index (χ3v) is 4.53. The van der Waals surface area contributed by atoms with Crippen molar-refractivity contribution in [3.05, 3.63) is 30.0 Å². The number of para-hydroxylation sites is 1. The zero-order chi connectivity index (χ0) is 18.7. The molecule has 1 aromatic carbocycles. The lowest BCUT2D eigenvalue weighted by Crippen LogP contribution is -2.47. The number of rotatable bonds is 6. The van der Waals surface area contributed by atoms with Crippen LogP contribution in [0.2, 0.25) is 0 Å². The smallest absolute Gasteiger partial charge is 0.317 e. The van der Waals surface area contributed by atoms with E-state index < -0.39 is 5.97 Å². The number of pyridine rings is 1. The molecule has 7 nitrogen and oxygen atoms in total. The van der Waals surface area contributed by atoms with Crippen LogP contribution in [0.5, 0.6) is 5.75 Å². The summed E-state index contributed by atoms with van der Waals surface area (Å²) >= 11 is 0. The van der Waals surface area contributed by atoms with Gasteiger partial charge in [0.1, 0.15) is 11.3 Å². The molecule has 140 valence electrons.